The zero-order valence-corrected chi connectivity index (χ0v) is 31.5. The molecule has 15 heteroatoms. The van der Waals surface area contributed by atoms with E-state index in [1.165, 1.54) is 0 Å². The highest BCUT2D eigenvalue weighted by atomic mass is 35.5. The van der Waals surface area contributed by atoms with Gasteiger partial charge in [-0.15, -0.1) is 0 Å². The number of halogens is 2. The highest BCUT2D eigenvalue weighted by Gasteiger charge is 2.29. The van der Waals surface area contributed by atoms with Gasteiger partial charge in [0.2, 0.25) is 17.7 Å². The molecule has 52 heavy (non-hydrogen) atoms. The molecule has 4 rings (SSSR count). The smallest absolute Gasteiger partial charge is 0.408 e. The number of fused-ring (bicyclic) bond motifs is 1. The summed E-state index contributed by atoms with van der Waals surface area (Å²) in [5.74, 6) is -1.64. The Morgan fingerprint density at radius 2 is 1.69 bits per heavy atom. The van der Waals surface area contributed by atoms with Crippen molar-refractivity contribution in [2.24, 2.45) is 11.8 Å². The first-order chi connectivity index (χ1) is 24.9. The van der Waals surface area contributed by atoms with Gasteiger partial charge in [0.05, 0.1) is 17.1 Å². The van der Waals surface area contributed by atoms with Crippen molar-refractivity contribution in [1.82, 2.24) is 31.1 Å². The number of carbonyl (C=O) groups excluding carboxylic acids is 4. The highest BCUT2D eigenvalue weighted by molar-refractivity contribution is 6.38. The SMILES string of the molecule is CCOC(=O)c1noc([C@@H](NC(=O)CCCc2[nH]c3c(Cl)cc(Cl)cc3c2CNC(=O)[C@@H](NC(=O)OCc2ccccc2)C(C)CC)C(C)CC)n1. The van der Waals surface area contributed by atoms with Crippen molar-refractivity contribution in [3.63, 3.8) is 0 Å². The summed E-state index contributed by atoms with van der Waals surface area (Å²) in [6.07, 6.45) is 1.70. The van der Waals surface area contributed by atoms with Crippen LogP contribution in [0, 0.1) is 11.8 Å². The van der Waals surface area contributed by atoms with Gasteiger partial charge in [-0.05, 0) is 60.0 Å². The largest absolute Gasteiger partial charge is 0.460 e. The lowest BCUT2D eigenvalue weighted by Crippen LogP contribution is -2.50. The van der Waals surface area contributed by atoms with Crippen LogP contribution in [0.1, 0.15) is 99.7 Å². The molecule has 0 aliphatic rings. The summed E-state index contributed by atoms with van der Waals surface area (Å²) in [6, 6.07) is 11.2. The molecule has 13 nitrogen and oxygen atoms in total. The molecule has 0 radical (unpaired) electrons. The van der Waals surface area contributed by atoms with Crippen molar-refractivity contribution in [2.75, 3.05) is 6.61 Å². The van der Waals surface area contributed by atoms with E-state index in [2.05, 4.69) is 31.1 Å². The van der Waals surface area contributed by atoms with E-state index in [1.807, 2.05) is 58.0 Å². The number of aromatic nitrogens is 3. The Kier molecular flexibility index (Phi) is 14.9. The van der Waals surface area contributed by atoms with Gasteiger partial charge in [-0.25, -0.2) is 9.59 Å². The maximum Gasteiger partial charge on any atom is 0.408 e. The Morgan fingerprint density at radius 1 is 0.962 bits per heavy atom. The number of ether oxygens (including phenoxy) is 2. The molecule has 2 unspecified atom stereocenters. The predicted molar refractivity (Wildman–Crippen MR) is 197 cm³/mol. The van der Waals surface area contributed by atoms with E-state index >= 15 is 0 Å². The normalized spacial score (nSPS) is 13.5. The maximum atomic E-state index is 13.6. The number of benzene rings is 2. The lowest BCUT2D eigenvalue weighted by molar-refractivity contribution is -0.124. The van der Waals surface area contributed by atoms with Crippen LogP contribution in [0.2, 0.25) is 10.0 Å². The highest BCUT2D eigenvalue weighted by Crippen LogP contribution is 2.33. The van der Waals surface area contributed by atoms with Crippen LogP contribution in [0.15, 0.2) is 47.0 Å². The lowest BCUT2D eigenvalue weighted by Gasteiger charge is -2.23. The Labute approximate surface area is 312 Å². The van der Waals surface area contributed by atoms with Crippen LogP contribution in [-0.4, -0.2) is 51.7 Å². The molecule has 2 aromatic heterocycles. The number of nitrogens with zero attached hydrogens (tertiary/aromatic N) is 2. The summed E-state index contributed by atoms with van der Waals surface area (Å²) >= 11 is 12.9. The molecule has 0 bridgehead atoms. The molecule has 4 atom stereocenters. The molecule has 4 aromatic rings. The van der Waals surface area contributed by atoms with Crippen LogP contribution in [0.5, 0.6) is 0 Å². The van der Waals surface area contributed by atoms with Crippen molar-refractivity contribution in [3.05, 3.63) is 81.0 Å². The molecule has 0 fully saturated rings. The summed E-state index contributed by atoms with van der Waals surface area (Å²) in [4.78, 5) is 59.1. The van der Waals surface area contributed by atoms with Gasteiger partial charge in [0.25, 0.3) is 5.82 Å². The number of H-pyrrole nitrogens is 1. The van der Waals surface area contributed by atoms with Crippen LogP contribution in [0.3, 0.4) is 0 Å². The van der Waals surface area contributed by atoms with E-state index in [0.29, 0.717) is 41.2 Å². The van der Waals surface area contributed by atoms with Crippen molar-refractivity contribution >= 4 is 58.0 Å². The summed E-state index contributed by atoms with van der Waals surface area (Å²) in [6.45, 7) is 9.76. The molecule has 2 aromatic carbocycles. The van der Waals surface area contributed by atoms with E-state index in [0.717, 1.165) is 22.2 Å². The predicted octanol–water partition coefficient (Wildman–Crippen LogP) is 7.22. The van der Waals surface area contributed by atoms with Crippen molar-refractivity contribution < 1.29 is 33.2 Å². The number of aromatic amines is 1. The summed E-state index contributed by atoms with van der Waals surface area (Å²) in [7, 11) is 0. The van der Waals surface area contributed by atoms with E-state index in [-0.39, 0.29) is 61.5 Å². The number of hydrogen-bond donors (Lipinski definition) is 4. The quantitative estimate of drug-likeness (QED) is 0.0764. The zero-order chi connectivity index (χ0) is 37.8. The fraction of sp³-hybridized carbons (Fsp3) is 0.459. The summed E-state index contributed by atoms with van der Waals surface area (Å²) in [5, 5.41) is 14.0. The fourth-order valence-electron chi connectivity index (χ4n) is 5.62. The third-order valence-corrected chi connectivity index (χ3v) is 9.48. The monoisotopic (exact) mass is 756 g/mol. The number of aryl methyl sites for hydroxylation is 1. The number of esters is 1. The van der Waals surface area contributed by atoms with Crippen LogP contribution < -0.4 is 16.0 Å². The summed E-state index contributed by atoms with van der Waals surface area (Å²) in [5.41, 5.74) is 3.02. The molecule has 0 saturated heterocycles. The average Bonchev–Trinajstić information content (AvgIpc) is 3.76. The molecule has 2 heterocycles. The number of nitrogens with one attached hydrogen (secondary N) is 4. The van der Waals surface area contributed by atoms with Crippen LogP contribution in [0.4, 0.5) is 4.79 Å². The molecule has 0 aliphatic heterocycles. The summed E-state index contributed by atoms with van der Waals surface area (Å²) < 4.78 is 15.7. The third kappa shape index (κ3) is 10.7. The van der Waals surface area contributed by atoms with E-state index in [1.54, 1.807) is 19.1 Å². The Hall–Kier alpha value is -4.62. The van der Waals surface area contributed by atoms with Crippen molar-refractivity contribution in [2.45, 2.75) is 92.0 Å². The zero-order valence-electron chi connectivity index (χ0n) is 30.0. The molecular weight excluding hydrogens is 711 g/mol. The number of alkyl carbamates (subject to hydrolysis) is 1. The number of amides is 3. The Balaban J connectivity index is 1.44. The molecule has 0 aliphatic carbocycles. The minimum absolute atomic E-state index is 0.0604. The molecular formula is C37H46Cl2N6O7. The van der Waals surface area contributed by atoms with Crippen LogP contribution in [-0.2, 0) is 38.6 Å². The van der Waals surface area contributed by atoms with Gasteiger partial charge in [0.15, 0.2) is 0 Å². The first-order valence-corrected chi connectivity index (χ1v) is 18.2. The Morgan fingerprint density at radius 3 is 2.38 bits per heavy atom. The number of hydrogen-bond acceptors (Lipinski definition) is 9. The molecule has 0 saturated carbocycles. The van der Waals surface area contributed by atoms with Gasteiger partial charge in [0, 0.05) is 29.1 Å². The van der Waals surface area contributed by atoms with E-state index < -0.39 is 24.1 Å². The molecule has 280 valence electrons. The topological polar surface area (TPSA) is 178 Å². The van der Waals surface area contributed by atoms with Gasteiger partial charge in [0.1, 0.15) is 18.7 Å². The van der Waals surface area contributed by atoms with Gasteiger partial charge in [-0.3, -0.25) is 9.59 Å². The standard InChI is InChI=1S/C37H46Cl2N6O7/c1-6-21(4)30(43-37(49)51-20-23-13-10-9-11-14-23)34(47)40-19-26-25-17-24(38)18-27(39)32(25)41-28(26)15-12-16-29(46)42-31(22(5)7-2)35-44-33(45-52-35)36(48)50-8-3/h9-11,13-14,17-18,21-22,30-31,41H,6-8,12,15-16,19-20H2,1-5H3,(H,40,47)(H,42,46)(H,43,49)/t21?,22?,30-,31-/m0/s1. The first-order valence-electron chi connectivity index (χ1n) is 17.5. The molecule has 4 N–H and O–H groups in total. The first kappa shape index (κ1) is 40.2. The van der Waals surface area contributed by atoms with Gasteiger partial charge >= 0.3 is 12.1 Å². The van der Waals surface area contributed by atoms with Gasteiger partial charge < -0.3 is 34.9 Å². The molecule has 3 amide bonds. The van der Waals surface area contributed by atoms with Crippen molar-refractivity contribution in [1.29, 1.82) is 0 Å². The van der Waals surface area contributed by atoms with Gasteiger partial charge in [-0.1, -0.05) is 94.1 Å². The second kappa shape index (κ2) is 19.3. The maximum absolute atomic E-state index is 13.6. The average molecular weight is 758 g/mol. The van der Waals surface area contributed by atoms with Gasteiger partial charge in [-0.2, -0.15) is 4.98 Å². The minimum atomic E-state index is -0.844. The van der Waals surface area contributed by atoms with E-state index in [9.17, 15) is 19.2 Å². The molecule has 0 spiro atoms. The van der Waals surface area contributed by atoms with Crippen LogP contribution in [0.25, 0.3) is 10.9 Å². The van der Waals surface area contributed by atoms with Crippen molar-refractivity contribution in [3.8, 4) is 0 Å². The lowest BCUT2D eigenvalue weighted by atomic mass is 9.98. The second-order valence-corrected chi connectivity index (χ2v) is 13.5. The van der Waals surface area contributed by atoms with E-state index in [4.69, 9.17) is 37.2 Å². The third-order valence-electron chi connectivity index (χ3n) is 8.97. The minimum Gasteiger partial charge on any atom is -0.460 e. The van der Waals surface area contributed by atoms with Crippen LogP contribution >= 0.6 is 23.2 Å². The second-order valence-electron chi connectivity index (χ2n) is 12.6. The number of rotatable bonds is 18. The number of carbonyl (C=O) groups is 4. The fourth-order valence-corrected chi connectivity index (χ4v) is 6.16. The Bertz CT molecular complexity index is 1830.